The molecule has 3 heterocycles. The van der Waals surface area contributed by atoms with Crippen molar-refractivity contribution in [3.8, 4) is 5.75 Å². The maximum atomic E-state index is 13.6. The number of fused-ring (bicyclic) bond motifs is 2. The lowest BCUT2D eigenvalue weighted by Gasteiger charge is -2.24. The van der Waals surface area contributed by atoms with Gasteiger partial charge in [0.2, 0.25) is 5.76 Å². The van der Waals surface area contributed by atoms with E-state index in [0.29, 0.717) is 33.0 Å². The molecule has 0 saturated heterocycles. The first-order valence-electron chi connectivity index (χ1n) is 9.59. The van der Waals surface area contributed by atoms with Crippen molar-refractivity contribution in [2.75, 3.05) is 12.0 Å². The summed E-state index contributed by atoms with van der Waals surface area (Å²) < 4.78 is 11.5. The number of ether oxygens (including phenoxy) is 1. The smallest absolute Gasteiger partial charge is 0.297 e. The molecule has 0 N–H and O–H groups in total. The minimum Gasteiger partial charge on any atom is -0.496 e. The van der Waals surface area contributed by atoms with Gasteiger partial charge in [0, 0.05) is 17.1 Å². The predicted octanol–water partition coefficient (Wildman–Crippen LogP) is 4.57. The molecular formula is C23H18N2O4S. The van der Waals surface area contributed by atoms with E-state index in [1.807, 2.05) is 43.3 Å². The monoisotopic (exact) mass is 418 g/mol. The van der Waals surface area contributed by atoms with Crippen molar-refractivity contribution < 1.29 is 13.9 Å². The van der Waals surface area contributed by atoms with Gasteiger partial charge in [-0.15, -0.1) is 11.3 Å². The quantitative estimate of drug-likeness (QED) is 0.485. The highest BCUT2D eigenvalue weighted by Gasteiger charge is 2.45. The Morgan fingerprint density at radius 3 is 2.77 bits per heavy atom. The van der Waals surface area contributed by atoms with Crippen molar-refractivity contribution in [2.45, 2.75) is 19.4 Å². The minimum absolute atomic E-state index is 0.0582. The third-order valence-electron chi connectivity index (χ3n) is 5.40. The fourth-order valence-corrected chi connectivity index (χ4v) is 4.63. The number of aromatic nitrogens is 1. The maximum Gasteiger partial charge on any atom is 0.297 e. The first kappa shape index (κ1) is 18.6. The molecule has 1 aliphatic rings. The maximum absolute atomic E-state index is 13.6. The Balaban J connectivity index is 1.85. The zero-order valence-electron chi connectivity index (χ0n) is 16.4. The predicted molar refractivity (Wildman–Crippen MR) is 116 cm³/mol. The normalized spacial score (nSPS) is 15.6. The molecule has 0 aliphatic carbocycles. The van der Waals surface area contributed by atoms with Gasteiger partial charge in [0.1, 0.15) is 17.4 Å². The lowest BCUT2D eigenvalue weighted by molar-refractivity contribution is 0.0971. The zero-order chi connectivity index (χ0) is 20.8. The van der Waals surface area contributed by atoms with Crippen molar-refractivity contribution in [1.29, 1.82) is 0 Å². The molecule has 0 saturated carbocycles. The molecule has 0 radical (unpaired) electrons. The van der Waals surface area contributed by atoms with Gasteiger partial charge in [0.25, 0.3) is 5.91 Å². The summed E-state index contributed by atoms with van der Waals surface area (Å²) in [6, 6.07) is 12.2. The second-order valence-electron chi connectivity index (χ2n) is 6.99. The summed E-state index contributed by atoms with van der Waals surface area (Å²) in [6.45, 7) is 2.03. The van der Waals surface area contributed by atoms with E-state index in [-0.39, 0.29) is 17.1 Å². The minimum atomic E-state index is -0.680. The van der Waals surface area contributed by atoms with Crippen LogP contribution in [0.2, 0.25) is 0 Å². The number of hydrogen-bond acceptors (Lipinski definition) is 6. The van der Waals surface area contributed by atoms with Crippen molar-refractivity contribution in [3.05, 3.63) is 86.7 Å². The fourth-order valence-electron chi connectivity index (χ4n) is 3.96. The number of nitrogens with zero attached hydrogens (tertiary/aromatic N) is 2. The molecule has 1 aliphatic heterocycles. The summed E-state index contributed by atoms with van der Waals surface area (Å²) in [4.78, 5) is 32.9. The Labute approximate surface area is 176 Å². The number of methoxy groups -OCH3 is 1. The SMILES string of the molecule is CCc1ccc2oc3c(c(=O)c2c1)C(c1ccccc1OC)N(c1nccs1)C3=O. The molecule has 2 aromatic carbocycles. The number of benzene rings is 2. The lowest BCUT2D eigenvalue weighted by Crippen LogP contribution is -2.29. The van der Waals surface area contributed by atoms with Crippen LogP contribution in [0.4, 0.5) is 5.13 Å². The molecule has 2 aromatic heterocycles. The van der Waals surface area contributed by atoms with Gasteiger partial charge in [-0.05, 0) is 30.2 Å². The van der Waals surface area contributed by atoms with E-state index in [2.05, 4.69) is 4.98 Å². The molecule has 4 aromatic rings. The highest BCUT2D eigenvalue weighted by atomic mass is 32.1. The van der Waals surface area contributed by atoms with Crippen LogP contribution in [-0.2, 0) is 6.42 Å². The van der Waals surface area contributed by atoms with Crippen LogP contribution in [0.1, 0.15) is 40.2 Å². The number of carbonyl (C=O) groups excluding carboxylic acids is 1. The van der Waals surface area contributed by atoms with Gasteiger partial charge in [-0.3, -0.25) is 14.5 Å². The second-order valence-corrected chi connectivity index (χ2v) is 7.87. The number of carbonyl (C=O) groups is 1. The summed E-state index contributed by atoms with van der Waals surface area (Å²) in [6.07, 6.45) is 2.43. The third-order valence-corrected chi connectivity index (χ3v) is 6.17. The van der Waals surface area contributed by atoms with Gasteiger partial charge in [-0.1, -0.05) is 31.2 Å². The van der Waals surface area contributed by atoms with E-state index in [1.54, 1.807) is 24.8 Å². The number of thiazole rings is 1. The summed E-state index contributed by atoms with van der Waals surface area (Å²) in [5, 5.41) is 2.77. The summed E-state index contributed by atoms with van der Waals surface area (Å²) in [5.74, 6) is 0.267. The summed E-state index contributed by atoms with van der Waals surface area (Å²) >= 11 is 1.33. The van der Waals surface area contributed by atoms with E-state index >= 15 is 0 Å². The number of aryl methyl sites for hydroxylation is 1. The molecule has 1 atom stereocenters. The third kappa shape index (κ3) is 2.66. The largest absolute Gasteiger partial charge is 0.496 e. The molecule has 5 rings (SSSR count). The van der Waals surface area contributed by atoms with Crippen LogP contribution in [0.15, 0.2) is 63.3 Å². The molecule has 7 heteroatoms. The Morgan fingerprint density at radius 2 is 2.03 bits per heavy atom. The van der Waals surface area contributed by atoms with Crippen molar-refractivity contribution in [2.24, 2.45) is 0 Å². The van der Waals surface area contributed by atoms with E-state index in [4.69, 9.17) is 9.15 Å². The summed E-state index contributed by atoms with van der Waals surface area (Å²) in [7, 11) is 1.57. The van der Waals surface area contributed by atoms with Crippen LogP contribution in [0.3, 0.4) is 0 Å². The van der Waals surface area contributed by atoms with E-state index in [1.165, 1.54) is 16.2 Å². The average molecular weight is 418 g/mol. The van der Waals surface area contributed by atoms with Gasteiger partial charge in [0.15, 0.2) is 10.6 Å². The number of hydrogen-bond donors (Lipinski definition) is 0. The molecule has 1 amide bonds. The van der Waals surface area contributed by atoms with Gasteiger partial charge in [-0.2, -0.15) is 0 Å². The molecule has 150 valence electrons. The van der Waals surface area contributed by atoms with Crippen LogP contribution in [0.25, 0.3) is 11.0 Å². The van der Waals surface area contributed by atoms with Gasteiger partial charge in [-0.25, -0.2) is 4.98 Å². The Morgan fingerprint density at radius 1 is 1.20 bits per heavy atom. The lowest BCUT2D eigenvalue weighted by atomic mass is 9.97. The standard InChI is InChI=1S/C23H18N2O4S/c1-3-13-8-9-17-15(12-13)20(26)18-19(14-6-4-5-7-16(14)28-2)25(22(27)21(18)29-17)23-24-10-11-30-23/h4-12,19H,3H2,1-2H3. The highest BCUT2D eigenvalue weighted by molar-refractivity contribution is 7.13. The summed E-state index contributed by atoms with van der Waals surface area (Å²) in [5.41, 5.74) is 2.26. The Bertz CT molecular complexity index is 1330. The van der Waals surface area contributed by atoms with E-state index < -0.39 is 6.04 Å². The van der Waals surface area contributed by atoms with Crippen LogP contribution in [0.5, 0.6) is 5.75 Å². The van der Waals surface area contributed by atoms with Crippen LogP contribution in [-0.4, -0.2) is 18.0 Å². The van der Waals surface area contributed by atoms with Crippen LogP contribution >= 0.6 is 11.3 Å². The van der Waals surface area contributed by atoms with Crippen molar-refractivity contribution >= 4 is 33.3 Å². The first-order chi connectivity index (χ1) is 14.6. The second kappa shape index (κ2) is 7.11. The molecule has 0 spiro atoms. The molecule has 30 heavy (non-hydrogen) atoms. The number of rotatable bonds is 4. The zero-order valence-corrected chi connectivity index (χ0v) is 17.2. The van der Waals surface area contributed by atoms with Crippen molar-refractivity contribution in [3.63, 3.8) is 0 Å². The Hall–Kier alpha value is -3.45. The van der Waals surface area contributed by atoms with Gasteiger partial charge < -0.3 is 9.15 Å². The van der Waals surface area contributed by atoms with E-state index in [9.17, 15) is 9.59 Å². The van der Waals surface area contributed by atoms with Gasteiger partial charge >= 0.3 is 0 Å². The average Bonchev–Trinajstić information content (AvgIpc) is 3.40. The highest BCUT2D eigenvalue weighted by Crippen LogP contribution is 2.44. The van der Waals surface area contributed by atoms with E-state index in [0.717, 1.165) is 12.0 Å². The van der Waals surface area contributed by atoms with Crippen LogP contribution in [0, 0.1) is 0 Å². The fraction of sp³-hybridized carbons (Fsp3) is 0.174. The molecule has 6 nitrogen and oxygen atoms in total. The molecule has 0 bridgehead atoms. The topological polar surface area (TPSA) is 72.6 Å². The van der Waals surface area contributed by atoms with Crippen molar-refractivity contribution in [1.82, 2.24) is 4.98 Å². The number of para-hydroxylation sites is 1. The van der Waals surface area contributed by atoms with Gasteiger partial charge in [0.05, 0.1) is 18.1 Å². The number of anilines is 1. The Kier molecular flexibility index (Phi) is 4.40. The first-order valence-corrected chi connectivity index (χ1v) is 10.5. The molecule has 0 fully saturated rings. The molecular weight excluding hydrogens is 400 g/mol. The van der Waals surface area contributed by atoms with Crippen LogP contribution < -0.4 is 15.1 Å². The molecule has 1 unspecified atom stereocenters. The number of amides is 1.